The third-order valence-electron chi connectivity index (χ3n) is 4.58. The molecule has 0 unspecified atom stereocenters. The number of nitrogens with one attached hydrogen (secondary N) is 1. The van der Waals surface area contributed by atoms with E-state index in [4.69, 9.17) is 4.98 Å². The van der Waals surface area contributed by atoms with Gasteiger partial charge in [-0.2, -0.15) is 5.26 Å². The Morgan fingerprint density at radius 3 is 2.90 bits per heavy atom. The number of aromatic nitrogens is 1. The van der Waals surface area contributed by atoms with Crippen molar-refractivity contribution < 1.29 is 0 Å². The fourth-order valence-electron chi connectivity index (χ4n) is 3.21. The third kappa shape index (κ3) is 3.36. The molecule has 1 aromatic heterocycles. The van der Waals surface area contributed by atoms with Crippen molar-refractivity contribution in [2.75, 3.05) is 25.0 Å². The predicted octanol–water partition coefficient (Wildman–Crippen LogP) is 2.73. The van der Waals surface area contributed by atoms with Gasteiger partial charge in [0.1, 0.15) is 11.9 Å². The Morgan fingerprint density at radius 1 is 1.38 bits per heavy atom. The standard InChI is InChI=1S/C17H24N4/c1-2-21(15-7-8-15)10-9-19-17-14(12-18)11-13-5-3-4-6-16(13)20-17/h11,15H,2-10H2,1H3,(H,19,20). The van der Waals surface area contributed by atoms with E-state index in [1.807, 2.05) is 6.07 Å². The van der Waals surface area contributed by atoms with Crippen molar-refractivity contribution in [3.05, 3.63) is 22.9 Å². The Bertz CT molecular complexity index is 542. The summed E-state index contributed by atoms with van der Waals surface area (Å²) in [5, 5.41) is 12.7. The second-order valence-electron chi connectivity index (χ2n) is 6.10. The highest BCUT2D eigenvalue weighted by Gasteiger charge is 2.27. The van der Waals surface area contributed by atoms with E-state index < -0.39 is 0 Å². The van der Waals surface area contributed by atoms with Crippen LogP contribution in [0, 0.1) is 11.3 Å². The van der Waals surface area contributed by atoms with Crippen molar-refractivity contribution >= 4 is 5.82 Å². The minimum absolute atomic E-state index is 0.699. The summed E-state index contributed by atoms with van der Waals surface area (Å²) >= 11 is 0. The summed E-state index contributed by atoms with van der Waals surface area (Å²) in [5.41, 5.74) is 3.17. The summed E-state index contributed by atoms with van der Waals surface area (Å²) in [6.07, 6.45) is 7.25. The number of fused-ring (bicyclic) bond motifs is 1. The first-order valence-electron chi connectivity index (χ1n) is 8.22. The van der Waals surface area contributed by atoms with E-state index in [-0.39, 0.29) is 0 Å². The molecule has 21 heavy (non-hydrogen) atoms. The minimum atomic E-state index is 0.699. The Morgan fingerprint density at radius 2 is 2.19 bits per heavy atom. The molecule has 0 saturated heterocycles. The number of pyridine rings is 1. The van der Waals surface area contributed by atoms with Crippen LogP contribution in [0.15, 0.2) is 6.07 Å². The van der Waals surface area contributed by atoms with Crippen LogP contribution in [0.3, 0.4) is 0 Å². The molecule has 3 rings (SSSR count). The second kappa shape index (κ2) is 6.44. The molecule has 0 amide bonds. The maximum absolute atomic E-state index is 9.33. The van der Waals surface area contributed by atoms with Gasteiger partial charge in [-0.25, -0.2) is 4.98 Å². The van der Waals surface area contributed by atoms with Crippen LogP contribution in [0.4, 0.5) is 5.82 Å². The lowest BCUT2D eigenvalue weighted by Gasteiger charge is -2.21. The molecule has 0 aromatic carbocycles. The highest BCUT2D eigenvalue weighted by atomic mass is 15.2. The molecule has 2 aliphatic carbocycles. The molecule has 2 aliphatic rings. The fourth-order valence-corrected chi connectivity index (χ4v) is 3.21. The molecule has 1 N–H and O–H groups in total. The zero-order valence-electron chi connectivity index (χ0n) is 12.9. The van der Waals surface area contributed by atoms with Crippen LogP contribution >= 0.6 is 0 Å². The number of likely N-dealkylation sites (N-methyl/N-ethyl adjacent to an activating group) is 1. The van der Waals surface area contributed by atoms with Gasteiger partial charge in [-0.3, -0.25) is 4.90 Å². The van der Waals surface area contributed by atoms with Gasteiger partial charge in [0.15, 0.2) is 0 Å². The summed E-state index contributed by atoms with van der Waals surface area (Å²) in [5.74, 6) is 0.782. The van der Waals surface area contributed by atoms with Gasteiger partial charge in [0, 0.05) is 24.8 Å². The molecule has 4 heteroatoms. The van der Waals surface area contributed by atoms with Gasteiger partial charge in [0.2, 0.25) is 0 Å². The van der Waals surface area contributed by atoms with Gasteiger partial charge >= 0.3 is 0 Å². The topological polar surface area (TPSA) is 52.0 Å². The Hall–Kier alpha value is -1.60. The SMILES string of the molecule is CCN(CCNc1nc2c(cc1C#N)CCCC2)C1CC1. The van der Waals surface area contributed by atoms with Crippen LogP contribution in [-0.4, -0.2) is 35.6 Å². The zero-order valence-corrected chi connectivity index (χ0v) is 12.9. The third-order valence-corrected chi connectivity index (χ3v) is 4.58. The highest BCUT2D eigenvalue weighted by molar-refractivity contribution is 5.54. The van der Waals surface area contributed by atoms with E-state index in [9.17, 15) is 5.26 Å². The molecular weight excluding hydrogens is 260 g/mol. The summed E-state index contributed by atoms with van der Waals surface area (Å²) in [4.78, 5) is 7.23. The molecule has 0 bridgehead atoms. The fraction of sp³-hybridized carbons (Fsp3) is 0.647. The molecule has 1 aromatic rings. The molecule has 0 spiro atoms. The maximum atomic E-state index is 9.33. The molecule has 1 heterocycles. The van der Waals surface area contributed by atoms with Gasteiger partial charge in [0.25, 0.3) is 0 Å². The average molecular weight is 284 g/mol. The van der Waals surface area contributed by atoms with Crippen molar-refractivity contribution in [1.29, 1.82) is 5.26 Å². The first-order valence-corrected chi connectivity index (χ1v) is 8.22. The number of rotatable bonds is 6. The molecule has 112 valence electrons. The van der Waals surface area contributed by atoms with Crippen molar-refractivity contribution in [2.45, 2.75) is 51.5 Å². The summed E-state index contributed by atoms with van der Waals surface area (Å²) in [7, 11) is 0. The molecule has 0 aliphatic heterocycles. The Labute approximate surface area is 127 Å². The first kappa shape index (κ1) is 14.3. The van der Waals surface area contributed by atoms with Crippen molar-refractivity contribution in [2.24, 2.45) is 0 Å². The lowest BCUT2D eigenvalue weighted by Crippen LogP contribution is -2.31. The monoisotopic (exact) mass is 284 g/mol. The summed E-state index contributed by atoms with van der Waals surface area (Å²) in [6, 6.07) is 5.13. The Balaban J connectivity index is 1.65. The quantitative estimate of drug-likeness (QED) is 0.872. The van der Waals surface area contributed by atoms with Gasteiger partial charge in [-0.05, 0) is 56.7 Å². The average Bonchev–Trinajstić information content (AvgIpc) is 3.35. The normalized spacial score (nSPS) is 17.4. The number of anilines is 1. The molecule has 4 nitrogen and oxygen atoms in total. The van der Waals surface area contributed by atoms with E-state index in [0.29, 0.717) is 5.56 Å². The highest BCUT2D eigenvalue weighted by Crippen LogP contribution is 2.26. The van der Waals surface area contributed by atoms with Crippen LogP contribution in [-0.2, 0) is 12.8 Å². The van der Waals surface area contributed by atoms with Crippen molar-refractivity contribution in [3.8, 4) is 6.07 Å². The van der Waals surface area contributed by atoms with Crippen LogP contribution < -0.4 is 5.32 Å². The van der Waals surface area contributed by atoms with Crippen LogP contribution in [0.2, 0.25) is 0 Å². The molecule has 1 fully saturated rings. The molecule has 0 atom stereocenters. The van der Waals surface area contributed by atoms with E-state index in [0.717, 1.165) is 44.3 Å². The maximum Gasteiger partial charge on any atom is 0.144 e. The van der Waals surface area contributed by atoms with Gasteiger partial charge < -0.3 is 5.32 Å². The van der Waals surface area contributed by atoms with E-state index in [2.05, 4.69) is 23.2 Å². The Kier molecular flexibility index (Phi) is 4.40. The van der Waals surface area contributed by atoms with Crippen LogP contribution in [0.1, 0.15) is 49.4 Å². The number of hydrogen-bond donors (Lipinski definition) is 1. The van der Waals surface area contributed by atoms with Crippen LogP contribution in [0.25, 0.3) is 0 Å². The first-order chi connectivity index (χ1) is 10.3. The van der Waals surface area contributed by atoms with E-state index >= 15 is 0 Å². The second-order valence-corrected chi connectivity index (χ2v) is 6.10. The van der Waals surface area contributed by atoms with Gasteiger partial charge in [0.05, 0.1) is 5.56 Å². The molecule has 1 saturated carbocycles. The van der Waals surface area contributed by atoms with E-state index in [1.54, 1.807) is 0 Å². The van der Waals surface area contributed by atoms with Crippen molar-refractivity contribution in [1.82, 2.24) is 9.88 Å². The predicted molar refractivity (Wildman–Crippen MR) is 84.4 cm³/mol. The number of hydrogen-bond acceptors (Lipinski definition) is 4. The van der Waals surface area contributed by atoms with Crippen LogP contribution in [0.5, 0.6) is 0 Å². The van der Waals surface area contributed by atoms with E-state index in [1.165, 1.54) is 36.9 Å². The lowest BCUT2D eigenvalue weighted by atomic mass is 9.95. The zero-order chi connectivity index (χ0) is 14.7. The lowest BCUT2D eigenvalue weighted by molar-refractivity contribution is 0.289. The summed E-state index contributed by atoms with van der Waals surface area (Å²) in [6.45, 7) is 5.22. The smallest absolute Gasteiger partial charge is 0.144 e. The van der Waals surface area contributed by atoms with Gasteiger partial charge in [-0.15, -0.1) is 0 Å². The molecular formula is C17H24N4. The number of aryl methyl sites for hydroxylation is 2. The number of nitrogens with zero attached hydrogens (tertiary/aromatic N) is 3. The molecule has 0 radical (unpaired) electrons. The van der Waals surface area contributed by atoms with Gasteiger partial charge in [-0.1, -0.05) is 6.92 Å². The summed E-state index contributed by atoms with van der Waals surface area (Å²) < 4.78 is 0. The van der Waals surface area contributed by atoms with Crippen molar-refractivity contribution in [3.63, 3.8) is 0 Å². The minimum Gasteiger partial charge on any atom is -0.368 e. The number of nitriles is 1. The largest absolute Gasteiger partial charge is 0.368 e.